The molecule has 20 heavy (non-hydrogen) atoms. The zero-order valence-electron chi connectivity index (χ0n) is 10.2. The zero-order valence-corrected chi connectivity index (χ0v) is 10.2. The van der Waals surface area contributed by atoms with Crippen LogP contribution in [0.4, 0.5) is 5.69 Å². The van der Waals surface area contributed by atoms with Gasteiger partial charge in [0.05, 0.1) is 16.8 Å². The SMILES string of the molecule is NC(Cc1cn(-c2ccccc2[N+](=O)[O-])nn1)C(=O)O. The zero-order chi connectivity index (χ0) is 14.7. The van der Waals surface area contributed by atoms with Crippen molar-refractivity contribution >= 4 is 11.7 Å². The molecule has 3 N–H and O–H groups in total. The van der Waals surface area contributed by atoms with Crippen molar-refractivity contribution < 1.29 is 14.8 Å². The molecule has 104 valence electrons. The lowest BCUT2D eigenvalue weighted by atomic mass is 10.2. The lowest BCUT2D eigenvalue weighted by molar-refractivity contribution is -0.384. The molecule has 1 unspecified atom stereocenters. The molecule has 0 fully saturated rings. The Bertz CT molecular complexity index is 654. The van der Waals surface area contributed by atoms with Crippen LogP contribution < -0.4 is 5.73 Å². The number of hydrogen-bond donors (Lipinski definition) is 2. The number of carboxylic acids is 1. The van der Waals surface area contributed by atoms with Crippen LogP contribution in [0.1, 0.15) is 5.69 Å². The summed E-state index contributed by atoms with van der Waals surface area (Å²) < 4.78 is 1.22. The lowest BCUT2D eigenvalue weighted by Crippen LogP contribution is -2.32. The van der Waals surface area contributed by atoms with Crippen molar-refractivity contribution in [3.8, 4) is 5.69 Å². The summed E-state index contributed by atoms with van der Waals surface area (Å²) in [4.78, 5) is 21.0. The van der Waals surface area contributed by atoms with Crippen LogP contribution in [-0.4, -0.2) is 37.0 Å². The van der Waals surface area contributed by atoms with E-state index in [2.05, 4.69) is 10.3 Å². The maximum Gasteiger partial charge on any atom is 0.320 e. The molecule has 0 saturated carbocycles. The molecule has 0 amide bonds. The summed E-state index contributed by atoms with van der Waals surface area (Å²) in [7, 11) is 0. The van der Waals surface area contributed by atoms with Crippen molar-refractivity contribution in [2.24, 2.45) is 5.73 Å². The minimum atomic E-state index is -1.15. The van der Waals surface area contributed by atoms with Crippen molar-refractivity contribution in [1.29, 1.82) is 0 Å². The fraction of sp³-hybridized carbons (Fsp3) is 0.182. The third-order valence-electron chi connectivity index (χ3n) is 2.61. The van der Waals surface area contributed by atoms with Crippen LogP contribution in [0.25, 0.3) is 5.69 Å². The van der Waals surface area contributed by atoms with Crippen LogP contribution in [0.2, 0.25) is 0 Å². The molecule has 2 rings (SSSR count). The van der Waals surface area contributed by atoms with Gasteiger partial charge in [-0.05, 0) is 6.07 Å². The predicted octanol–water partition coefficient (Wildman–Crippen LogP) is 0.130. The Morgan fingerprint density at radius 3 is 2.85 bits per heavy atom. The molecule has 0 aliphatic carbocycles. The molecule has 0 aliphatic heterocycles. The van der Waals surface area contributed by atoms with Gasteiger partial charge in [0.15, 0.2) is 0 Å². The maximum absolute atomic E-state index is 10.9. The topological polar surface area (TPSA) is 137 Å². The molecule has 0 aliphatic rings. The summed E-state index contributed by atoms with van der Waals surface area (Å²) in [6.45, 7) is 0. The summed E-state index contributed by atoms with van der Waals surface area (Å²) in [5, 5.41) is 27.1. The Balaban J connectivity index is 2.30. The first kappa shape index (κ1) is 13.6. The summed E-state index contributed by atoms with van der Waals surface area (Å²) in [5.41, 5.74) is 5.87. The number of nitrogens with two attached hydrogens (primary N) is 1. The van der Waals surface area contributed by atoms with Gasteiger partial charge in [0, 0.05) is 12.5 Å². The van der Waals surface area contributed by atoms with Crippen LogP contribution >= 0.6 is 0 Å². The van der Waals surface area contributed by atoms with Crippen molar-refractivity contribution in [2.45, 2.75) is 12.5 Å². The third kappa shape index (κ3) is 2.78. The molecule has 2 aromatic rings. The molecule has 0 bridgehead atoms. The highest BCUT2D eigenvalue weighted by atomic mass is 16.6. The second-order valence-corrected chi connectivity index (χ2v) is 4.05. The van der Waals surface area contributed by atoms with Crippen LogP contribution in [-0.2, 0) is 11.2 Å². The maximum atomic E-state index is 10.9. The molecular weight excluding hydrogens is 266 g/mol. The van der Waals surface area contributed by atoms with E-state index in [0.717, 1.165) is 0 Å². The quantitative estimate of drug-likeness (QED) is 0.585. The molecule has 1 heterocycles. The number of nitro benzene ring substituents is 1. The van der Waals surface area contributed by atoms with Crippen LogP contribution in [0.15, 0.2) is 30.5 Å². The van der Waals surface area contributed by atoms with Crippen molar-refractivity contribution in [3.63, 3.8) is 0 Å². The summed E-state index contributed by atoms with van der Waals surface area (Å²) in [6, 6.07) is 4.95. The van der Waals surface area contributed by atoms with Gasteiger partial charge in [-0.15, -0.1) is 5.10 Å². The Morgan fingerprint density at radius 2 is 2.20 bits per heavy atom. The molecule has 1 atom stereocenters. The number of para-hydroxylation sites is 2. The second kappa shape index (κ2) is 5.45. The summed E-state index contributed by atoms with van der Waals surface area (Å²) >= 11 is 0. The summed E-state index contributed by atoms with van der Waals surface area (Å²) in [6.07, 6.45) is 1.42. The number of carboxylic acid groups (broad SMARTS) is 1. The highest BCUT2D eigenvalue weighted by Crippen LogP contribution is 2.21. The van der Waals surface area contributed by atoms with Crippen molar-refractivity contribution in [3.05, 3.63) is 46.3 Å². The fourth-order valence-electron chi connectivity index (χ4n) is 1.63. The number of nitrogens with zero attached hydrogens (tertiary/aromatic N) is 4. The third-order valence-corrected chi connectivity index (χ3v) is 2.61. The van der Waals surface area contributed by atoms with Gasteiger partial charge in [0.2, 0.25) is 0 Å². The highest BCUT2D eigenvalue weighted by Gasteiger charge is 2.18. The van der Waals surface area contributed by atoms with Gasteiger partial charge in [0.1, 0.15) is 11.7 Å². The Morgan fingerprint density at radius 1 is 1.50 bits per heavy atom. The van der Waals surface area contributed by atoms with Crippen molar-refractivity contribution in [1.82, 2.24) is 15.0 Å². The van der Waals surface area contributed by atoms with Crippen LogP contribution in [0, 0.1) is 10.1 Å². The minimum Gasteiger partial charge on any atom is -0.480 e. The predicted molar refractivity (Wildman–Crippen MR) is 67.3 cm³/mol. The number of aromatic nitrogens is 3. The number of benzene rings is 1. The van der Waals surface area contributed by atoms with Gasteiger partial charge in [-0.2, -0.15) is 0 Å². The van der Waals surface area contributed by atoms with Gasteiger partial charge < -0.3 is 10.8 Å². The largest absolute Gasteiger partial charge is 0.480 e. The molecule has 1 aromatic heterocycles. The second-order valence-electron chi connectivity index (χ2n) is 4.05. The first-order valence-electron chi connectivity index (χ1n) is 5.62. The molecule has 0 spiro atoms. The van der Waals surface area contributed by atoms with E-state index in [9.17, 15) is 14.9 Å². The van der Waals surface area contributed by atoms with E-state index < -0.39 is 16.9 Å². The van der Waals surface area contributed by atoms with E-state index >= 15 is 0 Å². The molecule has 0 radical (unpaired) electrons. The molecule has 1 aromatic carbocycles. The van der Waals surface area contributed by atoms with Crippen LogP contribution in [0.5, 0.6) is 0 Å². The van der Waals surface area contributed by atoms with Gasteiger partial charge >= 0.3 is 5.97 Å². The Hall–Kier alpha value is -2.81. The number of rotatable bonds is 5. The monoisotopic (exact) mass is 277 g/mol. The van der Waals surface area contributed by atoms with E-state index in [1.807, 2.05) is 0 Å². The molecule has 9 nitrogen and oxygen atoms in total. The Labute approximate surface area is 112 Å². The highest BCUT2D eigenvalue weighted by molar-refractivity contribution is 5.73. The molecule has 9 heteroatoms. The minimum absolute atomic E-state index is 0.00400. The number of carbonyl (C=O) groups is 1. The standard InChI is InChI=1S/C11H11N5O4/c12-8(11(17)18)5-7-6-15(14-13-7)9-3-1-2-4-10(9)16(19)20/h1-4,6,8H,5,12H2,(H,17,18). The number of aliphatic carboxylic acids is 1. The smallest absolute Gasteiger partial charge is 0.320 e. The Kier molecular flexibility index (Phi) is 3.71. The van der Waals surface area contributed by atoms with E-state index in [1.165, 1.54) is 23.0 Å². The lowest BCUT2D eigenvalue weighted by Gasteiger charge is -2.02. The van der Waals surface area contributed by atoms with Crippen LogP contribution in [0.3, 0.4) is 0 Å². The fourth-order valence-corrected chi connectivity index (χ4v) is 1.63. The average molecular weight is 277 g/mol. The molecular formula is C11H11N5O4. The van der Waals surface area contributed by atoms with Crippen molar-refractivity contribution in [2.75, 3.05) is 0 Å². The first-order chi connectivity index (χ1) is 9.49. The van der Waals surface area contributed by atoms with Gasteiger partial charge in [-0.3, -0.25) is 14.9 Å². The number of nitro groups is 1. The van der Waals surface area contributed by atoms with E-state index in [0.29, 0.717) is 5.69 Å². The average Bonchev–Trinajstić information content (AvgIpc) is 2.87. The van der Waals surface area contributed by atoms with Gasteiger partial charge in [0.25, 0.3) is 5.69 Å². The number of hydrogen-bond acceptors (Lipinski definition) is 6. The van der Waals surface area contributed by atoms with Gasteiger partial charge in [-0.1, -0.05) is 17.3 Å². The van der Waals surface area contributed by atoms with E-state index in [-0.39, 0.29) is 17.8 Å². The summed E-state index contributed by atoms with van der Waals surface area (Å²) in [5.74, 6) is -1.15. The normalized spacial score (nSPS) is 12.1. The van der Waals surface area contributed by atoms with E-state index in [4.69, 9.17) is 10.8 Å². The first-order valence-corrected chi connectivity index (χ1v) is 5.62. The van der Waals surface area contributed by atoms with E-state index in [1.54, 1.807) is 12.1 Å². The van der Waals surface area contributed by atoms with Gasteiger partial charge in [-0.25, -0.2) is 4.68 Å². The molecule has 0 saturated heterocycles.